The molecule has 0 aliphatic rings. The lowest BCUT2D eigenvalue weighted by Crippen LogP contribution is -2.10. The van der Waals surface area contributed by atoms with Gasteiger partial charge in [-0.2, -0.15) is 5.26 Å². The maximum absolute atomic E-state index is 8.85. The van der Waals surface area contributed by atoms with E-state index in [4.69, 9.17) is 21.6 Å². The number of rotatable bonds is 5. The Morgan fingerprint density at radius 2 is 2.33 bits per heavy atom. The first kappa shape index (κ1) is 11.8. The molecule has 0 aliphatic carbocycles. The monoisotopic (exact) mass is 224 g/mol. The number of nitrogens with one attached hydrogen (secondary N) is 1. The highest BCUT2D eigenvalue weighted by atomic mass is 35.5. The Hall–Kier alpha value is -1.24. The van der Waals surface area contributed by atoms with Gasteiger partial charge in [0.05, 0.1) is 17.9 Å². The molecular formula is C11H13ClN2O. The molecule has 0 amide bonds. The maximum Gasteiger partial charge on any atom is 0.101 e. The zero-order valence-electron chi connectivity index (χ0n) is 8.59. The smallest absolute Gasteiger partial charge is 0.101 e. The summed E-state index contributed by atoms with van der Waals surface area (Å²) in [6.45, 7) is 3.93. The van der Waals surface area contributed by atoms with E-state index in [2.05, 4.69) is 11.4 Å². The summed E-state index contributed by atoms with van der Waals surface area (Å²) in [6.07, 6.45) is 0. The lowest BCUT2D eigenvalue weighted by atomic mass is 10.2. The summed E-state index contributed by atoms with van der Waals surface area (Å²) in [5.41, 5.74) is 1.35. The van der Waals surface area contributed by atoms with E-state index in [1.54, 1.807) is 18.2 Å². The van der Waals surface area contributed by atoms with E-state index in [1.807, 2.05) is 6.92 Å². The molecule has 0 saturated carbocycles. The highest BCUT2D eigenvalue weighted by Crippen LogP contribution is 2.19. The zero-order valence-corrected chi connectivity index (χ0v) is 9.34. The van der Waals surface area contributed by atoms with Gasteiger partial charge in [0.25, 0.3) is 0 Å². The van der Waals surface area contributed by atoms with Gasteiger partial charge in [0.15, 0.2) is 0 Å². The molecule has 80 valence electrons. The van der Waals surface area contributed by atoms with Crippen LogP contribution in [-0.4, -0.2) is 19.8 Å². The Morgan fingerprint density at radius 1 is 1.53 bits per heavy atom. The molecule has 0 heterocycles. The SMILES string of the molecule is CCOCCNc1cc(Cl)ccc1C#N. The van der Waals surface area contributed by atoms with Gasteiger partial charge in [0.1, 0.15) is 6.07 Å². The summed E-state index contributed by atoms with van der Waals surface area (Å²) >= 11 is 5.83. The van der Waals surface area contributed by atoms with Crippen molar-refractivity contribution in [3.05, 3.63) is 28.8 Å². The number of nitrogens with zero attached hydrogens (tertiary/aromatic N) is 1. The van der Waals surface area contributed by atoms with Crippen LogP contribution >= 0.6 is 11.6 Å². The highest BCUT2D eigenvalue weighted by Gasteiger charge is 2.01. The lowest BCUT2D eigenvalue weighted by molar-refractivity contribution is 0.158. The highest BCUT2D eigenvalue weighted by molar-refractivity contribution is 6.30. The van der Waals surface area contributed by atoms with Gasteiger partial charge in [-0.15, -0.1) is 0 Å². The van der Waals surface area contributed by atoms with E-state index < -0.39 is 0 Å². The molecule has 0 bridgehead atoms. The van der Waals surface area contributed by atoms with E-state index in [1.165, 1.54) is 0 Å². The summed E-state index contributed by atoms with van der Waals surface area (Å²) in [4.78, 5) is 0. The first-order chi connectivity index (χ1) is 7.27. The summed E-state index contributed by atoms with van der Waals surface area (Å²) in [6, 6.07) is 7.25. The molecule has 0 aromatic heterocycles. The van der Waals surface area contributed by atoms with Crippen molar-refractivity contribution in [3.63, 3.8) is 0 Å². The molecule has 4 heteroatoms. The zero-order chi connectivity index (χ0) is 11.1. The van der Waals surface area contributed by atoms with Crippen LogP contribution in [0, 0.1) is 11.3 Å². The van der Waals surface area contributed by atoms with Crippen molar-refractivity contribution in [1.82, 2.24) is 0 Å². The fraction of sp³-hybridized carbons (Fsp3) is 0.364. The standard InChI is InChI=1S/C11H13ClN2O/c1-2-15-6-5-14-11-7-10(12)4-3-9(11)8-13/h3-4,7,14H,2,5-6H2,1H3. The topological polar surface area (TPSA) is 45.0 Å². The van der Waals surface area contributed by atoms with Crippen molar-refractivity contribution >= 4 is 17.3 Å². The van der Waals surface area contributed by atoms with Crippen LogP contribution in [0.2, 0.25) is 5.02 Å². The van der Waals surface area contributed by atoms with Crippen LogP contribution < -0.4 is 5.32 Å². The molecule has 0 radical (unpaired) electrons. The minimum absolute atomic E-state index is 0.593. The molecule has 0 atom stereocenters. The minimum atomic E-state index is 0.593. The quantitative estimate of drug-likeness (QED) is 0.783. The number of halogens is 1. The van der Waals surface area contributed by atoms with Crippen molar-refractivity contribution in [1.29, 1.82) is 5.26 Å². The van der Waals surface area contributed by atoms with E-state index in [9.17, 15) is 0 Å². The van der Waals surface area contributed by atoms with Crippen molar-refractivity contribution < 1.29 is 4.74 Å². The molecule has 3 nitrogen and oxygen atoms in total. The van der Waals surface area contributed by atoms with Gasteiger partial charge >= 0.3 is 0 Å². The fourth-order valence-corrected chi connectivity index (χ4v) is 1.33. The van der Waals surface area contributed by atoms with Crippen LogP contribution in [0.25, 0.3) is 0 Å². The number of ether oxygens (including phenoxy) is 1. The van der Waals surface area contributed by atoms with Crippen LogP contribution in [0.1, 0.15) is 12.5 Å². The lowest BCUT2D eigenvalue weighted by Gasteiger charge is -2.08. The number of hydrogen-bond donors (Lipinski definition) is 1. The van der Waals surface area contributed by atoms with Crippen LogP contribution in [0.15, 0.2) is 18.2 Å². The molecular weight excluding hydrogens is 212 g/mol. The van der Waals surface area contributed by atoms with E-state index in [-0.39, 0.29) is 0 Å². The normalized spacial score (nSPS) is 9.67. The van der Waals surface area contributed by atoms with Crippen LogP contribution in [0.5, 0.6) is 0 Å². The van der Waals surface area contributed by atoms with Crippen LogP contribution in [0.3, 0.4) is 0 Å². The van der Waals surface area contributed by atoms with E-state index >= 15 is 0 Å². The second-order valence-electron chi connectivity index (χ2n) is 2.93. The van der Waals surface area contributed by atoms with Gasteiger partial charge in [0.2, 0.25) is 0 Å². The van der Waals surface area contributed by atoms with Crippen molar-refractivity contribution in [2.75, 3.05) is 25.1 Å². The van der Waals surface area contributed by atoms with Crippen molar-refractivity contribution in [2.45, 2.75) is 6.92 Å². The summed E-state index contributed by atoms with van der Waals surface area (Å²) in [5.74, 6) is 0. The molecule has 0 unspecified atom stereocenters. The Bertz CT molecular complexity index is 360. The van der Waals surface area contributed by atoms with E-state index in [0.717, 1.165) is 5.69 Å². The third kappa shape index (κ3) is 3.78. The molecule has 0 fully saturated rings. The van der Waals surface area contributed by atoms with Gasteiger partial charge in [-0.25, -0.2) is 0 Å². The van der Waals surface area contributed by atoms with Crippen LogP contribution in [-0.2, 0) is 4.74 Å². The first-order valence-electron chi connectivity index (χ1n) is 4.79. The molecule has 0 saturated heterocycles. The number of hydrogen-bond acceptors (Lipinski definition) is 3. The third-order valence-electron chi connectivity index (χ3n) is 1.87. The number of nitriles is 1. The molecule has 0 spiro atoms. The van der Waals surface area contributed by atoms with E-state index in [0.29, 0.717) is 30.3 Å². The molecule has 1 aromatic rings. The fourth-order valence-electron chi connectivity index (χ4n) is 1.16. The Kier molecular flexibility index (Phi) is 4.96. The van der Waals surface area contributed by atoms with Gasteiger partial charge in [-0.05, 0) is 25.1 Å². The first-order valence-corrected chi connectivity index (χ1v) is 5.17. The molecule has 1 rings (SSSR count). The van der Waals surface area contributed by atoms with Gasteiger partial charge in [-0.1, -0.05) is 11.6 Å². The maximum atomic E-state index is 8.85. The molecule has 1 N–H and O–H groups in total. The summed E-state index contributed by atoms with van der Waals surface area (Å²) in [7, 11) is 0. The Labute approximate surface area is 94.6 Å². The second-order valence-corrected chi connectivity index (χ2v) is 3.36. The molecule has 1 aromatic carbocycles. The van der Waals surface area contributed by atoms with Crippen LogP contribution in [0.4, 0.5) is 5.69 Å². The Morgan fingerprint density at radius 3 is 3.00 bits per heavy atom. The summed E-state index contributed by atoms with van der Waals surface area (Å²) in [5, 5.41) is 12.6. The second kappa shape index (κ2) is 6.28. The average molecular weight is 225 g/mol. The van der Waals surface area contributed by atoms with Crippen molar-refractivity contribution in [2.24, 2.45) is 0 Å². The average Bonchev–Trinajstić information content (AvgIpc) is 2.25. The Balaban J connectivity index is 2.59. The molecule has 0 aliphatic heterocycles. The summed E-state index contributed by atoms with van der Waals surface area (Å²) < 4.78 is 5.18. The predicted octanol–water partition coefficient (Wildman–Crippen LogP) is 2.66. The predicted molar refractivity (Wildman–Crippen MR) is 61.1 cm³/mol. The largest absolute Gasteiger partial charge is 0.382 e. The minimum Gasteiger partial charge on any atom is -0.382 e. The number of benzene rings is 1. The van der Waals surface area contributed by atoms with Crippen molar-refractivity contribution in [3.8, 4) is 6.07 Å². The van der Waals surface area contributed by atoms with Gasteiger partial charge < -0.3 is 10.1 Å². The number of anilines is 1. The third-order valence-corrected chi connectivity index (χ3v) is 2.10. The van der Waals surface area contributed by atoms with Gasteiger partial charge in [0, 0.05) is 18.2 Å². The molecule has 15 heavy (non-hydrogen) atoms. The van der Waals surface area contributed by atoms with Gasteiger partial charge in [-0.3, -0.25) is 0 Å².